The van der Waals surface area contributed by atoms with E-state index in [1.54, 1.807) is 12.1 Å². The largest absolute Gasteiger partial charge is 0.394 e. The Morgan fingerprint density at radius 3 is 2.32 bits per heavy atom. The zero-order chi connectivity index (χ0) is 13.7. The fraction of sp³-hybridized carbons (Fsp3) is 0.133. The summed E-state index contributed by atoms with van der Waals surface area (Å²) in [5, 5.41) is 12.2. The molecule has 2 aromatic rings. The molecule has 0 fully saturated rings. The van der Waals surface area contributed by atoms with Gasteiger partial charge in [0.05, 0.1) is 12.6 Å². The number of hydrogen-bond acceptors (Lipinski definition) is 2. The molecule has 1 atom stereocenters. The fourth-order valence-electron chi connectivity index (χ4n) is 1.76. The summed E-state index contributed by atoms with van der Waals surface area (Å²) < 4.78 is 0.922. The molecule has 0 aromatic heterocycles. The lowest BCUT2D eigenvalue weighted by atomic mass is 10.1. The zero-order valence-electron chi connectivity index (χ0n) is 10.2. The normalized spacial score (nSPS) is 11.9. The van der Waals surface area contributed by atoms with Crippen molar-refractivity contribution in [3.63, 3.8) is 0 Å². The van der Waals surface area contributed by atoms with Crippen LogP contribution < -0.4 is 5.32 Å². The van der Waals surface area contributed by atoms with E-state index in [-0.39, 0.29) is 12.5 Å². The van der Waals surface area contributed by atoms with Gasteiger partial charge in [0, 0.05) is 10.0 Å². The molecule has 0 radical (unpaired) electrons. The molecular weight excluding hydrogens is 306 g/mol. The molecule has 0 spiro atoms. The molecule has 0 heterocycles. The number of aliphatic hydroxyl groups excluding tert-OH is 1. The van der Waals surface area contributed by atoms with E-state index in [0.29, 0.717) is 5.56 Å². The first-order valence-corrected chi connectivity index (χ1v) is 6.72. The van der Waals surface area contributed by atoms with Crippen LogP contribution >= 0.6 is 15.9 Å². The molecule has 3 nitrogen and oxygen atoms in total. The summed E-state index contributed by atoms with van der Waals surface area (Å²) in [4.78, 5) is 12.1. The lowest BCUT2D eigenvalue weighted by Gasteiger charge is -2.16. The Morgan fingerprint density at radius 2 is 1.74 bits per heavy atom. The first kappa shape index (κ1) is 13.8. The first-order chi connectivity index (χ1) is 9.20. The van der Waals surface area contributed by atoms with Crippen molar-refractivity contribution in [1.82, 2.24) is 5.32 Å². The molecule has 98 valence electrons. The fourth-order valence-corrected chi connectivity index (χ4v) is 2.03. The molecular formula is C15H14BrNO2. The van der Waals surface area contributed by atoms with Gasteiger partial charge in [-0.1, -0.05) is 46.3 Å². The summed E-state index contributed by atoms with van der Waals surface area (Å²) in [7, 11) is 0. The minimum Gasteiger partial charge on any atom is -0.394 e. The van der Waals surface area contributed by atoms with Crippen molar-refractivity contribution in [2.24, 2.45) is 0 Å². The monoisotopic (exact) mass is 319 g/mol. The molecule has 19 heavy (non-hydrogen) atoms. The van der Waals surface area contributed by atoms with Crippen LogP contribution in [0, 0.1) is 0 Å². The number of nitrogens with one attached hydrogen (secondary N) is 1. The van der Waals surface area contributed by atoms with E-state index in [1.807, 2.05) is 42.5 Å². The van der Waals surface area contributed by atoms with E-state index in [9.17, 15) is 9.90 Å². The average Bonchev–Trinajstić information content (AvgIpc) is 2.46. The van der Waals surface area contributed by atoms with Crippen LogP contribution in [0.25, 0.3) is 0 Å². The number of carbonyl (C=O) groups is 1. The highest BCUT2D eigenvalue weighted by atomic mass is 79.9. The van der Waals surface area contributed by atoms with Crippen molar-refractivity contribution in [2.75, 3.05) is 6.61 Å². The third-order valence-electron chi connectivity index (χ3n) is 2.80. The van der Waals surface area contributed by atoms with Gasteiger partial charge in [0.1, 0.15) is 0 Å². The van der Waals surface area contributed by atoms with Crippen molar-refractivity contribution in [2.45, 2.75) is 6.04 Å². The predicted molar refractivity (Wildman–Crippen MR) is 77.9 cm³/mol. The van der Waals surface area contributed by atoms with Crippen LogP contribution in [0.5, 0.6) is 0 Å². The minimum atomic E-state index is -0.391. The molecule has 0 saturated heterocycles. The maximum Gasteiger partial charge on any atom is 0.251 e. The maximum atomic E-state index is 12.1. The number of amides is 1. The van der Waals surface area contributed by atoms with Gasteiger partial charge in [-0.2, -0.15) is 0 Å². The van der Waals surface area contributed by atoms with Crippen molar-refractivity contribution < 1.29 is 9.90 Å². The van der Waals surface area contributed by atoms with E-state index in [2.05, 4.69) is 21.2 Å². The third-order valence-corrected chi connectivity index (χ3v) is 3.32. The highest BCUT2D eigenvalue weighted by Crippen LogP contribution is 2.14. The van der Waals surface area contributed by atoms with E-state index in [1.165, 1.54) is 0 Å². The molecule has 0 aliphatic carbocycles. The van der Waals surface area contributed by atoms with Crippen LogP contribution in [0.15, 0.2) is 59.1 Å². The first-order valence-electron chi connectivity index (χ1n) is 5.93. The number of aliphatic hydroxyl groups is 1. The predicted octanol–water partition coefficient (Wildman–Crippen LogP) is 2.91. The lowest BCUT2D eigenvalue weighted by Crippen LogP contribution is -2.30. The van der Waals surface area contributed by atoms with Gasteiger partial charge in [0.25, 0.3) is 5.91 Å². The van der Waals surface area contributed by atoms with E-state index < -0.39 is 6.04 Å². The van der Waals surface area contributed by atoms with Crippen molar-refractivity contribution in [3.8, 4) is 0 Å². The van der Waals surface area contributed by atoms with Gasteiger partial charge in [-0.3, -0.25) is 4.79 Å². The van der Waals surface area contributed by atoms with Crippen LogP contribution in [0.2, 0.25) is 0 Å². The van der Waals surface area contributed by atoms with E-state index in [4.69, 9.17) is 0 Å². The molecule has 0 aliphatic heterocycles. The van der Waals surface area contributed by atoms with Gasteiger partial charge in [0.2, 0.25) is 0 Å². The Morgan fingerprint density at radius 1 is 1.11 bits per heavy atom. The molecule has 1 amide bonds. The number of halogens is 1. The Bertz CT molecular complexity index is 540. The zero-order valence-corrected chi connectivity index (χ0v) is 11.8. The Hall–Kier alpha value is -1.65. The van der Waals surface area contributed by atoms with E-state index >= 15 is 0 Å². The second-order valence-corrected chi connectivity index (χ2v) is 5.04. The summed E-state index contributed by atoms with van der Waals surface area (Å²) in [6.45, 7) is -0.133. The topological polar surface area (TPSA) is 49.3 Å². The van der Waals surface area contributed by atoms with Crippen LogP contribution in [0.1, 0.15) is 22.0 Å². The minimum absolute atomic E-state index is 0.133. The van der Waals surface area contributed by atoms with Gasteiger partial charge in [0.15, 0.2) is 0 Å². The Kier molecular flexibility index (Phi) is 4.71. The quantitative estimate of drug-likeness (QED) is 0.910. The molecule has 2 N–H and O–H groups in total. The van der Waals surface area contributed by atoms with Crippen LogP contribution in [0.3, 0.4) is 0 Å². The Balaban J connectivity index is 2.10. The van der Waals surface area contributed by atoms with Crippen LogP contribution in [-0.2, 0) is 0 Å². The third kappa shape index (κ3) is 3.66. The van der Waals surface area contributed by atoms with Crippen molar-refractivity contribution >= 4 is 21.8 Å². The van der Waals surface area contributed by atoms with Gasteiger partial charge >= 0.3 is 0 Å². The number of carbonyl (C=O) groups excluding carboxylic acids is 1. The average molecular weight is 320 g/mol. The molecule has 0 saturated carbocycles. The van der Waals surface area contributed by atoms with Crippen molar-refractivity contribution in [3.05, 3.63) is 70.2 Å². The molecule has 0 aliphatic rings. The van der Waals surface area contributed by atoms with Gasteiger partial charge in [-0.05, 0) is 29.8 Å². The van der Waals surface area contributed by atoms with E-state index in [0.717, 1.165) is 10.0 Å². The summed E-state index contributed by atoms with van der Waals surface area (Å²) in [5.74, 6) is -0.199. The molecule has 2 aromatic carbocycles. The molecule has 4 heteroatoms. The number of benzene rings is 2. The van der Waals surface area contributed by atoms with Crippen LogP contribution in [-0.4, -0.2) is 17.6 Å². The lowest BCUT2D eigenvalue weighted by molar-refractivity contribution is 0.0916. The van der Waals surface area contributed by atoms with Crippen molar-refractivity contribution in [1.29, 1.82) is 0 Å². The maximum absolute atomic E-state index is 12.1. The molecule has 0 bridgehead atoms. The van der Waals surface area contributed by atoms with Crippen LogP contribution in [0.4, 0.5) is 0 Å². The summed E-state index contributed by atoms with van der Waals surface area (Å²) >= 11 is 3.32. The second kappa shape index (κ2) is 6.50. The van der Waals surface area contributed by atoms with Gasteiger partial charge in [-0.15, -0.1) is 0 Å². The highest BCUT2D eigenvalue weighted by molar-refractivity contribution is 9.10. The van der Waals surface area contributed by atoms with Gasteiger partial charge in [-0.25, -0.2) is 0 Å². The summed E-state index contributed by atoms with van der Waals surface area (Å²) in [5.41, 5.74) is 1.45. The smallest absolute Gasteiger partial charge is 0.251 e. The molecule has 0 unspecified atom stereocenters. The molecule has 2 rings (SSSR count). The highest BCUT2D eigenvalue weighted by Gasteiger charge is 2.14. The van der Waals surface area contributed by atoms with Gasteiger partial charge < -0.3 is 10.4 Å². The number of hydrogen-bond donors (Lipinski definition) is 2. The summed E-state index contributed by atoms with van der Waals surface area (Å²) in [6, 6.07) is 16.1. The standard InChI is InChI=1S/C15H14BrNO2/c16-13-8-6-12(7-9-13)15(19)17-14(10-18)11-4-2-1-3-5-11/h1-9,14,18H,10H2,(H,17,19)/t14-/m0/s1. The summed E-state index contributed by atoms with van der Waals surface area (Å²) in [6.07, 6.45) is 0. The Labute approximate surface area is 120 Å². The second-order valence-electron chi connectivity index (χ2n) is 4.13. The SMILES string of the molecule is O=C(N[C@@H](CO)c1ccccc1)c1ccc(Br)cc1. The number of rotatable bonds is 4.